The van der Waals surface area contributed by atoms with E-state index in [9.17, 15) is 4.79 Å². The average Bonchev–Trinajstić information content (AvgIpc) is 2.62. The number of benzene rings is 1. The van der Waals surface area contributed by atoms with Crippen LogP contribution in [0.1, 0.15) is 49.4 Å². The third-order valence-corrected chi connectivity index (χ3v) is 4.27. The molecule has 1 heterocycles. The molecular weight excluding hydrogens is 274 g/mol. The van der Waals surface area contributed by atoms with Crippen LogP contribution in [-0.4, -0.2) is 18.5 Å². The quantitative estimate of drug-likeness (QED) is 0.841. The molecule has 1 aliphatic rings. The minimum atomic E-state index is -0.478. The maximum Gasteiger partial charge on any atom is 0.250 e. The number of rotatable bonds is 3. The van der Waals surface area contributed by atoms with Crippen LogP contribution >= 0.6 is 11.6 Å². The van der Waals surface area contributed by atoms with Crippen molar-refractivity contribution in [3.8, 4) is 0 Å². The van der Waals surface area contributed by atoms with Crippen molar-refractivity contribution in [3.63, 3.8) is 0 Å². The van der Waals surface area contributed by atoms with E-state index in [-0.39, 0.29) is 0 Å². The minimum absolute atomic E-state index is 0.400. The molecule has 1 fully saturated rings. The zero-order valence-electron chi connectivity index (χ0n) is 11.9. The Morgan fingerprint density at radius 3 is 2.80 bits per heavy atom. The summed E-state index contributed by atoms with van der Waals surface area (Å²) in [5.41, 5.74) is 12.9. The van der Waals surface area contributed by atoms with Crippen LogP contribution in [0.2, 0.25) is 5.02 Å². The molecule has 5 heteroatoms. The van der Waals surface area contributed by atoms with Crippen LogP contribution in [0.5, 0.6) is 0 Å². The summed E-state index contributed by atoms with van der Waals surface area (Å²) in [5, 5.41) is 0.513. The van der Waals surface area contributed by atoms with Crippen LogP contribution in [0.4, 0.5) is 11.4 Å². The highest BCUT2D eigenvalue weighted by atomic mass is 35.5. The summed E-state index contributed by atoms with van der Waals surface area (Å²) in [5.74, 6) is -0.478. The number of carbonyl (C=O) groups is 1. The molecule has 4 N–H and O–H groups in total. The Kier molecular flexibility index (Phi) is 4.76. The number of carbonyl (C=O) groups excluding carboxylic acids is 1. The molecule has 1 aromatic rings. The van der Waals surface area contributed by atoms with Crippen molar-refractivity contribution >= 4 is 28.9 Å². The second-order valence-electron chi connectivity index (χ2n) is 5.37. The van der Waals surface area contributed by atoms with Gasteiger partial charge in [-0.15, -0.1) is 0 Å². The number of nitrogen functional groups attached to an aromatic ring is 1. The predicted octanol–water partition coefficient (Wildman–Crippen LogP) is 3.18. The van der Waals surface area contributed by atoms with Crippen LogP contribution in [0.3, 0.4) is 0 Å². The highest BCUT2D eigenvalue weighted by Crippen LogP contribution is 2.36. The zero-order valence-corrected chi connectivity index (χ0v) is 12.6. The Bertz CT molecular complexity index is 504. The van der Waals surface area contributed by atoms with E-state index in [1.807, 2.05) is 0 Å². The third kappa shape index (κ3) is 3.01. The van der Waals surface area contributed by atoms with Gasteiger partial charge in [-0.25, -0.2) is 0 Å². The van der Waals surface area contributed by atoms with Crippen LogP contribution in [-0.2, 0) is 0 Å². The lowest BCUT2D eigenvalue weighted by molar-refractivity contribution is 0.100. The lowest BCUT2D eigenvalue weighted by Crippen LogP contribution is -2.36. The van der Waals surface area contributed by atoms with Crippen molar-refractivity contribution in [2.24, 2.45) is 5.73 Å². The van der Waals surface area contributed by atoms with Gasteiger partial charge in [0.15, 0.2) is 0 Å². The third-order valence-electron chi connectivity index (χ3n) is 3.99. The first kappa shape index (κ1) is 15.0. The summed E-state index contributed by atoms with van der Waals surface area (Å²) in [6.07, 6.45) is 5.68. The maximum absolute atomic E-state index is 11.7. The van der Waals surface area contributed by atoms with Gasteiger partial charge >= 0.3 is 0 Å². The van der Waals surface area contributed by atoms with E-state index in [1.165, 1.54) is 12.8 Å². The van der Waals surface area contributed by atoms with Crippen molar-refractivity contribution in [2.75, 3.05) is 17.2 Å². The molecule has 2 rings (SSSR count). The molecule has 1 aliphatic heterocycles. The maximum atomic E-state index is 11.7. The van der Waals surface area contributed by atoms with Gasteiger partial charge in [0.05, 0.1) is 16.3 Å². The number of nitrogens with two attached hydrogens (primary N) is 2. The Morgan fingerprint density at radius 1 is 1.40 bits per heavy atom. The molecule has 0 radical (unpaired) electrons. The van der Waals surface area contributed by atoms with Crippen molar-refractivity contribution < 1.29 is 4.79 Å². The fourth-order valence-electron chi connectivity index (χ4n) is 3.00. The van der Waals surface area contributed by atoms with Crippen LogP contribution in [0, 0.1) is 0 Å². The highest BCUT2D eigenvalue weighted by molar-refractivity contribution is 6.34. The van der Waals surface area contributed by atoms with Crippen LogP contribution in [0.15, 0.2) is 12.1 Å². The van der Waals surface area contributed by atoms with Crippen LogP contribution in [0.25, 0.3) is 0 Å². The number of halogens is 1. The Morgan fingerprint density at radius 2 is 2.15 bits per heavy atom. The second kappa shape index (κ2) is 6.35. The Hall–Kier alpha value is -1.42. The van der Waals surface area contributed by atoms with E-state index in [0.717, 1.165) is 31.5 Å². The summed E-state index contributed by atoms with van der Waals surface area (Å²) in [7, 11) is 0. The van der Waals surface area contributed by atoms with Gasteiger partial charge in [-0.05, 0) is 31.4 Å². The van der Waals surface area contributed by atoms with Gasteiger partial charge in [-0.3, -0.25) is 4.79 Å². The SMILES string of the molecule is CCC1CCCCCN1c1c(Cl)cc(N)cc1C(N)=O. The molecule has 1 saturated heterocycles. The fourth-order valence-corrected chi connectivity index (χ4v) is 3.33. The molecule has 1 unspecified atom stereocenters. The number of hydrogen-bond donors (Lipinski definition) is 2. The molecule has 0 saturated carbocycles. The molecule has 20 heavy (non-hydrogen) atoms. The monoisotopic (exact) mass is 295 g/mol. The molecule has 0 aliphatic carbocycles. The average molecular weight is 296 g/mol. The van der Waals surface area contributed by atoms with Crippen molar-refractivity contribution in [1.82, 2.24) is 0 Å². The molecule has 4 nitrogen and oxygen atoms in total. The molecular formula is C15H22ClN3O. The number of hydrogen-bond acceptors (Lipinski definition) is 3. The van der Waals surface area contributed by atoms with E-state index in [4.69, 9.17) is 23.1 Å². The van der Waals surface area contributed by atoms with Gasteiger partial charge in [0, 0.05) is 18.3 Å². The zero-order chi connectivity index (χ0) is 14.7. The largest absolute Gasteiger partial charge is 0.399 e. The first-order chi connectivity index (χ1) is 9.54. The van der Waals surface area contributed by atoms with E-state index >= 15 is 0 Å². The van der Waals surface area contributed by atoms with E-state index in [2.05, 4.69) is 11.8 Å². The van der Waals surface area contributed by atoms with Crippen molar-refractivity contribution in [3.05, 3.63) is 22.7 Å². The smallest absolute Gasteiger partial charge is 0.250 e. The first-order valence-corrected chi connectivity index (χ1v) is 7.57. The van der Waals surface area contributed by atoms with E-state index < -0.39 is 5.91 Å². The Labute approximate surface area is 125 Å². The van der Waals surface area contributed by atoms with Crippen molar-refractivity contribution in [1.29, 1.82) is 0 Å². The van der Waals surface area contributed by atoms with Crippen LogP contribution < -0.4 is 16.4 Å². The number of nitrogens with zero attached hydrogens (tertiary/aromatic N) is 1. The normalized spacial score (nSPS) is 19.7. The standard InChI is InChI=1S/C15H22ClN3O/c1-2-11-6-4-3-5-7-19(11)14-12(15(18)20)8-10(17)9-13(14)16/h8-9,11H,2-7,17H2,1H3,(H2,18,20). The van der Waals surface area contributed by atoms with Crippen molar-refractivity contribution in [2.45, 2.75) is 45.1 Å². The van der Waals surface area contributed by atoms with Gasteiger partial charge in [-0.2, -0.15) is 0 Å². The molecule has 1 amide bonds. The van der Waals surface area contributed by atoms with Gasteiger partial charge in [0.25, 0.3) is 5.91 Å². The minimum Gasteiger partial charge on any atom is -0.399 e. The first-order valence-electron chi connectivity index (χ1n) is 7.20. The van der Waals surface area contributed by atoms with E-state index in [1.54, 1.807) is 12.1 Å². The molecule has 110 valence electrons. The lowest BCUT2D eigenvalue weighted by atomic mass is 10.0. The Balaban J connectivity index is 2.51. The second-order valence-corrected chi connectivity index (χ2v) is 5.78. The molecule has 0 spiro atoms. The summed E-state index contributed by atoms with van der Waals surface area (Å²) in [4.78, 5) is 14.0. The number of primary amides is 1. The molecule has 1 aromatic carbocycles. The number of amides is 1. The molecule has 1 atom stereocenters. The van der Waals surface area contributed by atoms with Gasteiger partial charge in [-0.1, -0.05) is 31.4 Å². The number of anilines is 2. The molecule has 0 aromatic heterocycles. The lowest BCUT2D eigenvalue weighted by Gasteiger charge is -2.33. The summed E-state index contributed by atoms with van der Waals surface area (Å²) < 4.78 is 0. The topological polar surface area (TPSA) is 72.3 Å². The molecule has 0 bridgehead atoms. The summed E-state index contributed by atoms with van der Waals surface area (Å²) in [6.45, 7) is 3.07. The van der Waals surface area contributed by atoms with Gasteiger partial charge in [0.1, 0.15) is 0 Å². The highest BCUT2D eigenvalue weighted by Gasteiger charge is 2.25. The van der Waals surface area contributed by atoms with Gasteiger partial charge < -0.3 is 16.4 Å². The fraction of sp³-hybridized carbons (Fsp3) is 0.533. The summed E-state index contributed by atoms with van der Waals surface area (Å²) in [6, 6.07) is 3.72. The summed E-state index contributed by atoms with van der Waals surface area (Å²) >= 11 is 6.36. The van der Waals surface area contributed by atoms with Gasteiger partial charge in [0.2, 0.25) is 0 Å². The predicted molar refractivity (Wildman–Crippen MR) is 84.3 cm³/mol. The van der Waals surface area contributed by atoms with E-state index in [0.29, 0.717) is 22.3 Å².